The smallest absolute Gasteiger partial charge is 0.144 e. The standard InChI is InChI=1S/C36H32N2O3/c1-5-13-28(14-6-1)21-22-32-23-38-24-33(39-25-29-15-7-2-8-16-29)34(40-26-30-17-9-3-10-18-30)35(36(38)37-32)41-27-31-19-11-4-12-20-31/h1-20,23,33-35H,24-27H2/t33-,34-,35+/m0/s1. The van der Waals surface area contributed by atoms with Gasteiger partial charge in [-0.3, -0.25) is 0 Å². The fraction of sp³-hybridized carbons (Fsp3) is 0.194. The van der Waals surface area contributed by atoms with Crippen LogP contribution in [-0.4, -0.2) is 21.8 Å². The molecule has 204 valence electrons. The predicted molar refractivity (Wildman–Crippen MR) is 159 cm³/mol. The Bertz CT molecular complexity index is 1580. The monoisotopic (exact) mass is 540 g/mol. The topological polar surface area (TPSA) is 45.5 Å². The van der Waals surface area contributed by atoms with Crippen LogP contribution in [0.3, 0.4) is 0 Å². The van der Waals surface area contributed by atoms with Gasteiger partial charge in [-0.1, -0.05) is 115 Å². The Morgan fingerprint density at radius 3 is 1.71 bits per heavy atom. The molecule has 0 unspecified atom stereocenters. The number of hydrogen-bond donors (Lipinski definition) is 0. The second-order valence-corrected chi connectivity index (χ2v) is 10.1. The molecule has 0 fully saturated rings. The molecule has 5 nitrogen and oxygen atoms in total. The third-order valence-corrected chi connectivity index (χ3v) is 7.08. The van der Waals surface area contributed by atoms with E-state index in [1.807, 2.05) is 91.1 Å². The first-order chi connectivity index (χ1) is 20.3. The number of ether oxygens (including phenoxy) is 3. The summed E-state index contributed by atoms with van der Waals surface area (Å²) in [6.45, 7) is 1.95. The molecular formula is C36H32N2O3. The van der Waals surface area contributed by atoms with Crippen molar-refractivity contribution in [3.8, 4) is 11.8 Å². The van der Waals surface area contributed by atoms with Gasteiger partial charge >= 0.3 is 0 Å². The molecule has 41 heavy (non-hydrogen) atoms. The molecule has 5 heteroatoms. The fourth-order valence-corrected chi connectivity index (χ4v) is 4.98. The number of imidazole rings is 1. The van der Waals surface area contributed by atoms with Crippen LogP contribution in [0.5, 0.6) is 0 Å². The fourth-order valence-electron chi connectivity index (χ4n) is 4.98. The van der Waals surface area contributed by atoms with Crippen LogP contribution in [0.4, 0.5) is 0 Å². The molecule has 0 aliphatic carbocycles. The molecule has 0 spiro atoms. The number of rotatable bonds is 9. The van der Waals surface area contributed by atoms with Crippen LogP contribution in [0.25, 0.3) is 0 Å². The van der Waals surface area contributed by atoms with Crippen LogP contribution < -0.4 is 0 Å². The zero-order valence-electron chi connectivity index (χ0n) is 22.8. The van der Waals surface area contributed by atoms with E-state index in [2.05, 4.69) is 52.8 Å². The molecule has 4 aromatic carbocycles. The van der Waals surface area contributed by atoms with Crippen molar-refractivity contribution < 1.29 is 14.2 Å². The largest absolute Gasteiger partial charge is 0.369 e. The summed E-state index contributed by atoms with van der Waals surface area (Å²) >= 11 is 0. The van der Waals surface area contributed by atoms with Gasteiger partial charge in [-0.25, -0.2) is 4.98 Å². The van der Waals surface area contributed by atoms with Crippen molar-refractivity contribution in [2.75, 3.05) is 0 Å². The van der Waals surface area contributed by atoms with Crippen molar-refractivity contribution in [3.63, 3.8) is 0 Å². The summed E-state index contributed by atoms with van der Waals surface area (Å²) in [6.07, 6.45) is 0.931. The summed E-state index contributed by atoms with van der Waals surface area (Å²) in [6, 6.07) is 40.5. The highest BCUT2D eigenvalue weighted by atomic mass is 16.6. The van der Waals surface area contributed by atoms with E-state index in [0.29, 0.717) is 32.1 Å². The molecule has 0 saturated heterocycles. The number of fused-ring (bicyclic) bond motifs is 1. The number of nitrogens with zero attached hydrogens (tertiary/aromatic N) is 2. The van der Waals surface area contributed by atoms with Gasteiger partial charge in [0.2, 0.25) is 0 Å². The van der Waals surface area contributed by atoms with Gasteiger partial charge in [-0.15, -0.1) is 0 Å². The van der Waals surface area contributed by atoms with Crippen LogP contribution in [0.15, 0.2) is 128 Å². The van der Waals surface area contributed by atoms with Gasteiger partial charge in [0.1, 0.15) is 29.8 Å². The zero-order chi connectivity index (χ0) is 27.7. The molecule has 0 saturated carbocycles. The third-order valence-electron chi connectivity index (χ3n) is 7.08. The molecular weight excluding hydrogens is 508 g/mol. The molecule has 1 aromatic heterocycles. The quantitative estimate of drug-likeness (QED) is 0.195. The Hall–Kier alpha value is -4.47. The normalized spacial score (nSPS) is 17.8. The molecule has 0 bridgehead atoms. The molecule has 6 rings (SSSR count). The number of aromatic nitrogens is 2. The number of benzene rings is 4. The minimum Gasteiger partial charge on any atom is -0.369 e. The van der Waals surface area contributed by atoms with E-state index in [4.69, 9.17) is 19.2 Å². The van der Waals surface area contributed by atoms with E-state index in [1.54, 1.807) is 0 Å². The lowest BCUT2D eigenvalue weighted by Crippen LogP contribution is -2.45. The first kappa shape index (κ1) is 26.7. The lowest BCUT2D eigenvalue weighted by molar-refractivity contribution is -0.171. The zero-order valence-corrected chi connectivity index (χ0v) is 22.8. The van der Waals surface area contributed by atoms with Crippen LogP contribution in [0.1, 0.15) is 39.9 Å². The van der Waals surface area contributed by atoms with Gasteiger partial charge < -0.3 is 18.8 Å². The van der Waals surface area contributed by atoms with Gasteiger partial charge in [-0.2, -0.15) is 0 Å². The summed E-state index contributed by atoms with van der Waals surface area (Å²) in [4.78, 5) is 4.95. The van der Waals surface area contributed by atoms with Crippen LogP contribution >= 0.6 is 0 Å². The first-order valence-electron chi connectivity index (χ1n) is 13.9. The summed E-state index contributed by atoms with van der Waals surface area (Å²) in [7, 11) is 0. The van der Waals surface area contributed by atoms with Crippen molar-refractivity contribution >= 4 is 0 Å². The molecule has 0 N–H and O–H groups in total. The molecule has 0 amide bonds. The van der Waals surface area contributed by atoms with Gasteiger partial charge in [-0.05, 0) is 34.7 Å². The maximum atomic E-state index is 6.63. The van der Waals surface area contributed by atoms with Gasteiger partial charge in [0, 0.05) is 11.8 Å². The predicted octanol–water partition coefficient (Wildman–Crippen LogP) is 6.73. The van der Waals surface area contributed by atoms with E-state index in [1.165, 1.54) is 0 Å². The maximum absolute atomic E-state index is 6.63. The minimum absolute atomic E-state index is 0.253. The average molecular weight is 541 g/mol. The molecule has 2 heterocycles. The molecule has 1 aliphatic heterocycles. The van der Waals surface area contributed by atoms with E-state index < -0.39 is 6.10 Å². The van der Waals surface area contributed by atoms with E-state index >= 15 is 0 Å². The van der Waals surface area contributed by atoms with Crippen molar-refractivity contribution in [2.45, 2.75) is 44.7 Å². The van der Waals surface area contributed by atoms with Gasteiger partial charge in [0.25, 0.3) is 0 Å². The van der Waals surface area contributed by atoms with E-state index in [9.17, 15) is 0 Å². The third kappa shape index (κ3) is 7.00. The minimum atomic E-state index is -0.444. The highest BCUT2D eigenvalue weighted by Crippen LogP contribution is 2.34. The summed E-state index contributed by atoms with van der Waals surface area (Å²) in [5, 5.41) is 0. The van der Waals surface area contributed by atoms with Crippen molar-refractivity contribution in [1.82, 2.24) is 9.55 Å². The molecule has 5 aromatic rings. The second-order valence-electron chi connectivity index (χ2n) is 10.1. The van der Waals surface area contributed by atoms with Crippen molar-refractivity contribution in [1.29, 1.82) is 0 Å². The van der Waals surface area contributed by atoms with E-state index in [0.717, 1.165) is 28.1 Å². The van der Waals surface area contributed by atoms with Gasteiger partial charge in [0.15, 0.2) is 0 Å². The Morgan fingerprint density at radius 1 is 0.610 bits per heavy atom. The maximum Gasteiger partial charge on any atom is 0.144 e. The van der Waals surface area contributed by atoms with Gasteiger partial charge in [0.05, 0.1) is 26.4 Å². The van der Waals surface area contributed by atoms with Crippen molar-refractivity contribution in [2.24, 2.45) is 0 Å². The summed E-state index contributed by atoms with van der Waals surface area (Å²) in [5.41, 5.74) is 4.94. The Labute approximate surface area is 241 Å². The molecule has 1 aliphatic rings. The highest BCUT2D eigenvalue weighted by molar-refractivity contribution is 5.40. The van der Waals surface area contributed by atoms with Crippen molar-refractivity contribution in [3.05, 3.63) is 161 Å². The summed E-state index contributed by atoms with van der Waals surface area (Å²) in [5.74, 6) is 7.27. The Balaban J connectivity index is 1.32. The van der Waals surface area contributed by atoms with E-state index in [-0.39, 0.29) is 12.2 Å². The first-order valence-corrected chi connectivity index (χ1v) is 13.9. The Morgan fingerprint density at radius 2 is 1.12 bits per heavy atom. The second kappa shape index (κ2) is 13.3. The molecule has 0 radical (unpaired) electrons. The number of hydrogen-bond acceptors (Lipinski definition) is 4. The van der Waals surface area contributed by atoms with Crippen LogP contribution in [-0.2, 0) is 40.6 Å². The molecule has 3 atom stereocenters. The highest BCUT2D eigenvalue weighted by Gasteiger charge is 2.41. The summed E-state index contributed by atoms with van der Waals surface area (Å²) < 4.78 is 21.9. The van der Waals surface area contributed by atoms with Crippen LogP contribution in [0.2, 0.25) is 0 Å². The SMILES string of the molecule is C(#Cc1cn2c(n1)[C@H](OCc1ccccc1)[C@@H](OCc1ccccc1)[C@@H](OCc1ccccc1)C2)c1ccccc1. The van der Waals surface area contributed by atoms with Crippen LogP contribution in [0, 0.1) is 11.8 Å². The lowest BCUT2D eigenvalue weighted by atomic mass is 10.0. The Kier molecular flexibility index (Phi) is 8.64. The average Bonchev–Trinajstić information content (AvgIpc) is 3.45. The lowest BCUT2D eigenvalue weighted by Gasteiger charge is -2.38.